The largest absolute Gasteiger partial charge is 0.496 e. The summed E-state index contributed by atoms with van der Waals surface area (Å²) in [5.41, 5.74) is 0.547. The van der Waals surface area contributed by atoms with Gasteiger partial charge >= 0.3 is 5.97 Å². The van der Waals surface area contributed by atoms with Crippen LogP contribution >= 0.6 is 0 Å². The SMILES string of the molecule is COc1cc(NC(=O)C2CCCCO2)ccc1C(=O)O. The Hall–Kier alpha value is -2.08. The molecule has 20 heavy (non-hydrogen) atoms. The predicted octanol–water partition coefficient (Wildman–Crippen LogP) is 1.90. The molecule has 1 saturated heterocycles. The van der Waals surface area contributed by atoms with E-state index in [4.69, 9.17) is 14.6 Å². The fraction of sp³-hybridized carbons (Fsp3) is 0.429. The van der Waals surface area contributed by atoms with Gasteiger partial charge in [-0.15, -0.1) is 0 Å². The number of aromatic carboxylic acids is 1. The van der Waals surface area contributed by atoms with Crippen molar-refractivity contribution < 1.29 is 24.2 Å². The molecule has 6 nitrogen and oxygen atoms in total. The number of anilines is 1. The van der Waals surface area contributed by atoms with Crippen molar-refractivity contribution in [2.75, 3.05) is 19.0 Å². The van der Waals surface area contributed by atoms with Crippen molar-refractivity contribution in [2.24, 2.45) is 0 Å². The first-order valence-corrected chi connectivity index (χ1v) is 6.45. The van der Waals surface area contributed by atoms with Gasteiger partial charge in [-0.3, -0.25) is 4.79 Å². The van der Waals surface area contributed by atoms with Gasteiger partial charge in [0.2, 0.25) is 0 Å². The highest BCUT2D eigenvalue weighted by atomic mass is 16.5. The van der Waals surface area contributed by atoms with Gasteiger partial charge in [0.05, 0.1) is 7.11 Å². The summed E-state index contributed by atoms with van der Waals surface area (Å²) in [4.78, 5) is 23.0. The lowest BCUT2D eigenvalue weighted by atomic mass is 10.1. The van der Waals surface area contributed by atoms with Crippen LogP contribution in [0.4, 0.5) is 5.69 Å². The second-order valence-corrected chi connectivity index (χ2v) is 4.56. The monoisotopic (exact) mass is 279 g/mol. The molecule has 2 N–H and O–H groups in total. The van der Waals surface area contributed by atoms with Crippen LogP contribution in [0, 0.1) is 0 Å². The number of hydrogen-bond donors (Lipinski definition) is 2. The minimum absolute atomic E-state index is 0.0550. The van der Waals surface area contributed by atoms with Gasteiger partial charge in [-0.05, 0) is 31.4 Å². The molecule has 1 unspecified atom stereocenters. The molecule has 1 aromatic rings. The Labute approximate surface area is 116 Å². The highest BCUT2D eigenvalue weighted by molar-refractivity contribution is 5.96. The third kappa shape index (κ3) is 3.27. The molecule has 108 valence electrons. The van der Waals surface area contributed by atoms with Crippen LogP contribution in [0.2, 0.25) is 0 Å². The molecule has 1 amide bonds. The van der Waals surface area contributed by atoms with E-state index in [2.05, 4.69) is 5.32 Å². The standard InChI is InChI=1S/C14H17NO5/c1-19-12-8-9(5-6-10(12)14(17)18)15-13(16)11-4-2-3-7-20-11/h5-6,8,11H,2-4,7H2,1H3,(H,15,16)(H,17,18). The maximum atomic E-state index is 12.0. The van der Waals surface area contributed by atoms with E-state index >= 15 is 0 Å². The molecule has 6 heteroatoms. The van der Waals surface area contributed by atoms with Crippen LogP contribution in [0.25, 0.3) is 0 Å². The fourth-order valence-corrected chi connectivity index (χ4v) is 2.12. The maximum Gasteiger partial charge on any atom is 0.339 e. The summed E-state index contributed by atoms with van der Waals surface area (Å²) in [5, 5.41) is 11.7. The number of methoxy groups -OCH3 is 1. The molecular weight excluding hydrogens is 262 g/mol. The molecule has 0 radical (unpaired) electrons. The third-order valence-electron chi connectivity index (χ3n) is 3.17. The summed E-state index contributed by atoms with van der Waals surface area (Å²) in [6, 6.07) is 4.43. The Morgan fingerprint density at radius 3 is 2.80 bits per heavy atom. The minimum Gasteiger partial charge on any atom is -0.496 e. The molecule has 0 bridgehead atoms. The number of amides is 1. The van der Waals surface area contributed by atoms with Gasteiger partial charge < -0.3 is 19.9 Å². The Kier molecular flexibility index (Phi) is 4.57. The summed E-state index contributed by atoms with van der Waals surface area (Å²) in [6.45, 7) is 0.597. The van der Waals surface area contributed by atoms with Crippen molar-refractivity contribution in [3.8, 4) is 5.75 Å². The summed E-state index contributed by atoms with van der Waals surface area (Å²) >= 11 is 0. The maximum absolute atomic E-state index is 12.0. The quantitative estimate of drug-likeness (QED) is 0.879. The van der Waals surface area contributed by atoms with E-state index < -0.39 is 12.1 Å². The van der Waals surface area contributed by atoms with E-state index in [-0.39, 0.29) is 17.2 Å². The van der Waals surface area contributed by atoms with Crippen molar-refractivity contribution in [1.82, 2.24) is 0 Å². The molecule has 1 heterocycles. The van der Waals surface area contributed by atoms with Crippen LogP contribution in [0.1, 0.15) is 29.6 Å². The average Bonchev–Trinajstić information content (AvgIpc) is 2.47. The number of carbonyl (C=O) groups excluding carboxylic acids is 1. The molecular formula is C14H17NO5. The van der Waals surface area contributed by atoms with Crippen molar-refractivity contribution in [1.29, 1.82) is 0 Å². The second-order valence-electron chi connectivity index (χ2n) is 4.56. The van der Waals surface area contributed by atoms with Gasteiger partial charge in [0.25, 0.3) is 5.91 Å². The molecule has 1 aliphatic heterocycles. The van der Waals surface area contributed by atoms with Gasteiger partial charge in [0.15, 0.2) is 0 Å². The zero-order valence-corrected chi connectivity index (χ0v) is 11.2. The third-order valence-corrected chi connectivity index (χ3v) is 3.17. The zero-order chi connectivity index (χ0) is 14.5. The number of hydrogen-bond acceptors (Lipinski definition) is 4. The number of carboxylic acids is 1. The minimum atomic E-state index is -1.07. The summed E-state index contributed by atoms with van der Waals surface area (Å²) in [5.74, 6) is -1.08. The number of nitrogens with one attached hydrogen (secondary N) is 1. The number of benzene rings is 1. The van der Waals surface area contributed by atoms with Gasteiger partial charge in [0.1, 0.15) is 17.4 Å². The average molecular weight is 279 g/mol. The molecule has 0 aromatic heterocycles. The van der Waals surface area contributed by atoms with Gasteiger partial charge in [-0.1, -0.05) is 0 Å². The first-order chi connectivity index (χ1) is 9.61. The van der Waals surface area contributed by atoms with Crippen LogP contribution in [-0.4, -0.2) is 36.8 Å². The number of ether oxygens (including phenoxy) is 2. The lowest BCUT2D eigenvalue weighted by Crippen LogP contribution is -2.33. The van der Waals surface area contributed by atoms with Crippen LogP contribution in [0.3, 0.4) is 0 Å². The number of carbonyl (C=O) groups is 2. The Morgan fingerprint density at radius 2 is 2.20 bits per heavy atom. The van der Waals surface area contributed by atoms with Gasteiger partial charge in [0, 0.05) is 18.4 Å². The molecule has 2 rings (SSSR count). The van der Waals surface area contributed by atoms with E-state index in [1.54, 1.807) is 0 Å². The van der Waals surface area contributed by atoms with E-state index in [1.807, 2.05) is 0 Å². The van der Waals surface area contributed by atoms with Crippen molar-refractivity contribution in [2.45, 2.75) is 25.4 Å². The van der Waals surface area contributed by atoms with Gasteiger partial charge in [-0.2, -0.15) is 0 Å². The lowest BCUT2D eigenvalue weighted by molar-refractivity contribution is -0.129. The molecule has 1 fully saturated rings. The first kappa shape index (κ1) is 14.3. The van der Waals surface area contributed by atoms with Crippen molar-refractivity contribution in [3.63, 3.8) is 0 Å². The van der Waals surface area contributed by atoms with Crippen LogP contribution in [0.15, 0.2) is 18.2 Å². The van der Waals surface area contributed by atoms with Crippen LogP contribution < -0.4 is 10.1 Å². The highest BCUT2D eigenvalue weighted by Gasteiger charge is 2.22. The van der Waals surface area contributed by atoms with Crippen molar-refractivity contribution in [3.05, 3.63) is 23.8 Å². The summed E-state index contributed by atoms with van der Waals surface area (Å²) in [7, 11) is 1.39. The first-order valence-electron chi connectivity index (χ1n) is 6.45. The highest BCUT2D eigenvalue weighted by Crippen LogP contribution is 2.24. The van der Waals surface area contributed by atoms with Gasteiger partial charge in [-0.25, -0.2) is 4.79 Å². The normalized spacial score (nSPS) is 18.4. The van der Waals surface area contributed by atoms with Crippen molar-refractivity contribution >= 4 is 17.6 Å². The topological polar surface area (TPSA) is 84.9 Å². The Balaban J connectivity index is 2.09. The molecule has 0 aliphatic carbocycles. The van der Waals surface area contributed by atoms with E-state index in [0.29, 0.717) is 18.7 Å². The van der Waals surface area contributed by atoms with Crippen LogP contribution in [-0.2, 0) is 9.53 Å². The fourth-order valence-electron chi connectivity index (χ4n) is 2.12. The number of carboxylic acid groups (broad SMARTS) is 1. The molecule has 0 spiro atoms. The van der Waals surface area contributed by atoms with E-state index in [9.17, 15) is 9.59 Å². The predicted molar refractivity (Wildman–Crippen MR) is 72.2 cm³/mol. The smallest absolute Gasteiger partial charge is 0.339 e. The molecule has 1 aliphatic rings. The lowest BCUT2D eigenvalue weighted by Gasteiger charge is -2.21. The van der Waals surface area contributed by atoms with E-state index in [0.717, 1.165) is 12.8 Å². The Bertz CT molecular complexity index is 508. The second kappa shape index (κ2) is 6.38. The molecule has 0 saturated carbocycles. The number of rotatable bonds is 4. The summed E-state index contributed by atoms with van der Waals surface area (Å²) in [6.07, 6.45) is 2.22. The van der Waals surface area contributed by atoms with E-state index in [1.165, 1.54) is 25.3 Å². The summed E-state index contributed by atoms with van der Waals surface area (Å²) < 4.78 is 10.4. The molecule has 1 atom stereocenters. The molecule has 1 aromatic carbocycles. The Morgan fingerprint density at radius 1 is 1.40 bits per heavy atom. The zero-order valence-electron chi connectivity index (χ0n) is 11.2. The van der Waals surface area contributed by atoms with Crippen LogP contribution in [0.5, 0.6) is 5.75 Å².